The standard InChI is InChI=1S/C26H18N4O2/c31-25-27-21(17-8-3-1-4-9-17)15-23(29-25)19-12-7-13-20(14-19)24-16-22(28-26(32)30-24)18-10-5-2-6-11-18/h1-16H,(H,27,29,31)(H,28,30,32). The maximum absolute atomic E-state index is 12.2. The number of rotatable bonds is 4. The fourth-order valence-corrected chi connectivity index (χ4v) is 3.60. The van der Waals surface area contributed by atoms with E-state index in [0.717, 1.165) is 22.3 Å². The second-order valence-corrected chi connectivity index (χ2v) is 7.28. The first-order valence-corrected chi connectivity index (χ1v) is 10.1. The van der Waals surface area contributed by atoms with Crippen molar-refractivity contribution in [3.8, 4) is 45.0 Å². The number of hydrogen-bond acceptors (Lipinski definition) is 4. The van der Waals surface area contributed by atoms with E-state index in [1.54, 1.807) is 0 Å². The van der Waals surface area contributed by atoms with Gasteiger partial charge in [-0.3, -0.25) is 0 Å². The Morgan fingerprint density at radius 2 is 0.875 bits per heavy atom. The van der Waals surface area contributed by atoms with Crippen molar-refractivity contribution < 1.29 is 0 Å². The molecule has 154 valence electrons. The van der Waals surface area contributed by atoms with Crippen molar-refractivity contribution >= 4 is 0 Å². The predicted molar refractivity (Wildman–Crippen MR) is 125 cm³/mol. The Balaban J connectivity index is 1.58. The number of nitrogens with zero attached hydrogens (tertiary/aromatic N) is 2. The lowest BCUT2D eigenvalue weighted by atomic mass is 10.0. The van der Waals surface area contributed by atoms with E-state index in [-0.39, 0.29) is 0 Å². The summed E-state index contributed by atoms with van der Waals surface area (Å²) in [5, 5.41) is 0. The van der Waals surface area contributed by atoms with Gasteiger partial charge in [0.15, 0.2) is 0 Å². The highest BCUT2D eigenvalue weighted by molar-refractivity contribution is 5.74. The minimum Gasteiger partial charge on any atom is -0.305 e. The van der Waals surface area contributed by atoms with Crippen LogP contribution in [0.3, 0.4) is 0 Å². The molecule has 0 spiro atoms. The summed E-state index contributed by atoms with van der Waals surface area (Å²) in [6.45, 7) is 0. The summed E-state index contributed by atoms with van der Waals surface area (Å²) >= 11 is 0. The van der Waals surface area contributed by atoms with E-state index in [4.69, 9.17) is 0 Å². The summed E-state index contributed by atoms with van der Waals surface area (Å²) in [4.78, 5) is 38.3. The molecule has 2 aromatic heterocycles. The molecule has 6 heteroatoms. The first-order chi connectivity index (χ1) is 15.7. The lowest BCUT2D eigenvalue weighted by Gasteiger charge is -2.08. The van der Waals surface area contributed by atoms with Crippen molar-refractivity contribution in [3.05, 3.63) is 118 Å². The second kappa shape index (κ2) is 8.28. The van der Waals surface area contributed by atoms with Crippen LogP contribution < -0.4 is 11.4 Å². The van der Waals surface area contributed by atoms with Gasteiger partial charge in [-0.15, -0.1) is 0 Å². The summed E-state index contributed by atoms with van der Waals surface area (Å²) < 4.78 is 0. The molecule has 32 heavy (non-hydrogen) atoms. The number of nitrogens with one attached hydrogen (secondary N) is 2. The van der Waals surface area contributed by atoms with E-state index in [2.05, 4.69) is 19.9 Å². The van der Waals surface area contributed by atoms with Gasteiger partial charge in [0.25, 0.3) is 0 Å². The molecule has 3 aromatic carbocycles. The number of aromatic nitrogens is 4. The number of H-pyrrole nitrogens is 2. The maximum Gasteiger partial charge on any atom is 0.345 e. The summed E-state index contributed by atoms with van der Waals surface area (Å²) in [5.41, 5.74) is 4.92. The molecule has 0 saturated carbocycles. The van der Waals surface area contributed by atoms with Gasteiger partial charge in [0.05, 0.1) is 22.8 Å². The molecule has 0 fully saturated rings. The SMILES string of the molecule is O=c1nc(-c2cccc(-c3cc(-c4ccccc4)[nH]c(=O)n3)c2)cc(-c2ccccc2)[nH]1. The van der Waals surface area contributed by atoms with Gasteiger partial charge in [0.2, 0.25) is 0 Å². The fraction of sp³-hybridized carbons (Fsp3) is 0. The first kappa shape index (κ1) is 19.4. The molecule has 0 unspecified atom stereocenters. The molecule has 2 N–H and O–H groups in total. The van der Waals surface area contributed by atoms with E-state index >= 15 is 0 Å². The van der Waals surface area contributed by atoms with Crippen LogP contribution in [0, 0.1) is 0 Å². The maximum atomic E-state index is 12.2. The van der Waals surface area contributed by atoms with E-state index in [0.29, 0.717) is 22.8 Å². The van der Waals surface area contributed by atoms with Crippen molar-refractivity contribution in [1.29, 1.82) is 0 Å². The van der Waals surface area contributed by atoms with Crippen molar-refractivity contribution in [1.82, 2.24) is 19.9 Å². The Morgan fingerprint density at radius 1 is 0.469 bits per heavy atom. The molecule has 0 amide bonds. The van der Waals surface area contributed by atoms with Gasteiger partial charge < -0.3 is 9.97 Å². The smallest absolute Gasteiger partial charge is 0.305 e. The Hall–Kier alpha value is -4.58. The average molecular weight is 418 g/mol. The van der Waals surface area contributed by atoms with E-state index < -0.39 is 11.4 Å². The molecule has 0 radical (unpaired) electrons. The monoisotopic (exact) mass is 418 g/mol. The molecule has 0 bridgehead atoms. The van der Waals surface area contributed by atoms with Crippen LogP contribution in [-0.4, -0.2) is 19.9 Å². The highest BCUT2D eigenvalue weighted by Crippen LogP contribution is 2.27. The Labute approximate surface area is 183 Å². The first-order valence-electron chi connectivity index (χ1n) is 10.1. The number of hydrogen-bond donors (Lipinski definition) is 2. The van der Waals surface area contributed by atoms with Gasteiger partial charge in [-0.05, 0) is 29.3 Å². The highest BCUT2D eigenvalue weighted by atomic mass is 16.1. The van der Waals surface area contributed by atoms with Crippen LogP contribution in [0.4, 0.5) is 0 Å². The minimum atomic E-state index is -0.424. The molecular weight excluding hydrogens is 400 g/mol. The van der Waals surface area contributed by atoms with Gasteiger partial charge in [-0.2, -0.15) is 9.97 Å². The normalized spacial score (nSPS) is 10.8. The van der Waals surface area contributed by atoms with Crippen molar-refractivity contribution in [2.24, 2.45) is 0 Å². The summed E-state index contributed by atoms with van der Waals surface area (Å²) in [7, 11) is 0. The van der Waals surface area contributed by atoms with Crippen LogP contribution in [0.2, 0.25) is 0 Å². The molecule has 6 nitrogen and oxygen atoms in total. The molecule has 0 aliphatic carbocycles. The Bertz CT molecular complexity index is 1390. The van der Waals surface area contributed by atoms with Crippen LogP contribution in [0.1, 0.15) is 0 Å². The number of benzene rings is 3. The van der Waals surface area contributed by atoms with Crippen LogP contribution in [0.15, 0.2) is 107 Å². The van der Waals surface area contributed by atoms with E-state index in [1.165, 1.54) is 0 Å². The van der Waals surface area contributed by atoms with E-state index in [1.807, 2.05) is 97.1 Å². The Kier molecular flexibility index (Phi) is 5.01. The van der Waals surface area contributed by atoms with Crippen molar-refractivity contribution in [2.75, 3.05) is 0 Å². The van der Waals surface area contributed by atoms with Gasteiger partial charge in [-0.25, -0.2) is 9.59 Å². The quantitative estimate of drug-likeness (QED) is 0.449. The van der Waals surface area contributed by atoms with E-state index in [9.17, 15) is 9.59 Å². The number of aromatic amines is 2. The lowest BCUT2D eigenvalue weighted by Crippen LogP contribution is -2.12. The lowest BCUT2D eigenvalue weighted by molar-refractivity contribution is 1.08. The zero-order valence-corrected chi connectivity index (χ0v) is 16.9. The predicted octanol–water partition coefficient (Wildman–Crippen LogP) is 4.52. The molecule has 2 heterocycles. The fourth-order valence-electron chi connectivity index (χ4n) is 3.60. The molecule has 0 aliphatic heterocycles. The van der Waals surface area contributed by atoms with Crippen molar-refractivity contribution in [2.45, 2.75) is 0 Å². The third-order valence-corrected chi connectivity index (χ3v) is 5.11. The third kappa shape index (κ3) is 4.02. The van der Waals surface area contributed by atoms with Crippen LogP contribution >= 0.6 is 0 Å². The summed E-state index contributed by atoms with van der Waals surface area (Å²) in [5.74, 6) is 0. The topological polar surface area (TPSA) is 91.5 Å². The second-order valence-electron chi connectivity index (χ2n) is 7.28. The zero-order valence-electron chi connectivity index (χ0n) is 16.9. The molecule has 0 aliphatic rings. The van der Waals surface area contributed by atoms with Gasteiger partial charge >= 0.3 is 11.4 Å². The van der Waals surface area contributed by atoms with Crippen LogP contribution in [-0.2, 0) is 0 Å². The van der Waals surface area contributed by atoms with Gasteiger partial charge in [0.1, 0.15) is 0 Å². The molecule has 0 atom stereocenters. The molecular formula is C26H18N4O2. The summed E-state index contributed by atoms with van der Waals surface area (Å²) in [6, 6.07) is 30.4. The minimum absolute atomic E-state index is 0.424. The summed E-state index contributed by atoms with van der Waals surface area (Å²) in [6.07, 6.45) is 0. The largest absolute Gasteiger partial charge is 0.345 e. The molecule has 0 saturated heterocycles. The van der Waals surface area contributed by atoms with Crippen LogP contribution in [0.25, 0.3) is 45.0 Å². The molecule has 5 aromatic rings. The Morgan fingerprint density at radius 3 is 1.31 bits per heavy atom. The third-order valence-electron chi connectivity index (χ3n) is 5.11. The van der Waals surface area contributed by atoms with Gasteiger partial charge in [0, 0.05) is 11.1 Å². The van der Waals surface area contributed by atoms with Gasteiger partial charge in [-0.1, -0.05) is 78.9 Å². The van der Waals surface area contributed by atoms with Crippen molar-refractivity contribution in [3.63, 3.8) is 0 Å². The average Bonchev–Trinajstić information content (AvgIpc) is 2.84. The zero-order chi connectivity index (χ0) is 21.9. The van der Waals surface area contributed by atoms with Crippen LogP contribution in [0.5, 0.6) is 0 Å². The molecule has 5 rings (SSSR count). The highest BCUT2D eigenvalue weighted by Gasteiger charge is 2.10.